The molecule has 1 amide bonds. The third-order valence-corrected chi connectivity index (χ3v) is 3.28. The van der Waals surface area contributed by atoms with E-state index in [4.69, 9.17) is 0 Å². The molecule has 0 aliphatic heterocycles. The quantitative estimate of drug-likeness (QED) is 0.764. The van der Waals surface area contributed by atoms with Gasteiger partial charge in [0.25, 0.3) is 0 Å². The predicted molar refractivity (Wildman–Crippen MR) is 86.9 cm³/mol. The van der Waals surface area contributed by atoms with Crippen LogP contribution in [0.2, 0.25) is 0 Å². The fourth-order valence-corrected chi connectivity index (χ4v) is 2.22. The van der Waals surface area contributed by atoms with E-state index in [1.807, 2.05) is 18.9 Å². The van der Waals surface area contributed by atoms with Crippen molar-refractivity contribution in [1.82, 2.24) is 15.3 Å². The van der Waals surface area contributed by atoms with Crippen LogP contribution in [0.15, 0.2) is 0 Å². The number of carbonyl (C=O) groups excluding carboxylic acids is 1. The first-order valence-electron chi connectivity index (χ1n) is 7.58. The van der Waals surface area contributed by atoms with Gasteiger partial charge < -0.3 is 15.5 Å². The highest BCUT2D eigenvalue weighted by atomic mass is 16.1. The second-order valence-electron chi connectivity index (χ2n) is 5.03. The Balaban J connectivity index is 3.20. The van der Waals surface area contributed by atoms with Gasteiger partial charge in [0.1, 0.15) is 17.5 Å². The van der Waals surface area contributed by atoms with E-state index in [9.17, 15) is 4.79 Å². The molecule has 0 aliphatic carbocycles. The molecule has 0 bridgehead atoms. The van der Waals surface area contributed by atoms with Gasteiger partial charge in [0.2, 0.25) is 5.91 Å². The van der Waals surface area contributed by atoms with Gasteiger partial charge in [0.15, 0.2) is 0 Å². The van der Waals surface area contributed by atoms with Gasteiger partial charge >= 0.3 is 0 Å². The maximum atomic E-state index is 11.7. The van der Waals surface area contributed by atoms with Crippen LogP contribution in [0.3, 0.4) is 0 Å². The minimum Gasteiger partial charge on any atom is -0.373 e. The van der Waals surface area contributed by atoms with E-state index in [1.54, 1.807) is 7.05 Å². The van der Waals surface area contributed by atoms with Gasteiger partial charge in [-0.1, -0.05) is 13.8 Å². The van der Waals surface area contributed by atoms with Crippen molar-refractivity contribution >= 4 is 17.5 Å². The third-order valence-electron chi connectivity index (χ3n) is 3.28. The molecule has 0 radical (unpaired) electrons. The van der Waals surface area contributed by atoms with Gasteiger partial charge in [0.05, 0.1) is 6.54 Å². The molecule has 1 aromatic rings. The first kappa shape index (κ1) is 17.2. The van der Waals surface area contributed by atoms with Crippen molar-refractivity contribution in [1.29, 1.82) is 0 Å². The Morgan fingerprint density at radius 3 is 2.43 bits per heavy atom. The van der Waals surface area contributed by atoms with Crippen LogP contribution >= 0.6 is 0 Å². The molecule has 6 nitrogen and oxygen atoms in total. The maximum Gasteiger partial charge on any atom is 0.239 e. The number of hydrogen-bond acceptors (Lipinski definition) is 5. The van der Waals surface area contributed by atoms with Gasteiger partial charge in [-0.05, 0) is 19.8 Å². The van der Waals surface area contributed by atoms with E-state index >= 15 is 0 Å². The van der Waals surface area contributed by atoms with Gasteiger partial charge in [-0.3, -0.25) is 4.79 Å². The molecule has 0 saturated carbocycles. The number of likely N-dealkylation sites (N-methyl/N-ethyl adjacent to an activating group) is 1. The summed E-state index contributed by atoms with van der Waals surface area (Å²) in [6.45, 7) is 7.30. The van der Waals surface area contributed by atoms with Crippen LogP contribution in [0.4, 0.5) is 11.6 Å². The average Bonchev–Trinajstić information content (AvgIpc) is 2.48. The lowest BCUT2D eigenvalue weighted by atomic mass is 10.2. The third kappa shape index (κ3) is 4.58. The molecule has 1 rings (SSSR count). The highest BCUT2D eigenvalue weighted by Gasteiger charge is 2.17. The number of rotatable bonds is 8. The Morgan fingerprint density at radius 1 is 1.19 bits per heavy atom. The van der Waals surface area contributed by atoms with Crippen LogP contribution in [-0.4, -0.2) is 43.1 Å². The van der Waals surface area contributed by atoms with Gasteiger partial charge in [-0.25, -0.2) is 9.97 Å². The second-order valence-corrected chi connectivity index (χ2v) is 5.03. The molecule has 0 aromatic carbocycles. The summed E-state index contributed by atoms with van der Waals surface area (Å²) in [6.07, 6.45) is 2.79. The smallest absolute Gasteiger partial charge is 0.239 e. The van der Waals surface area contributed by atoms with Crippen molar-refractivity contribution in [2.24, 2.45) is 0 Å². The van der Waals surface area contributed by atoms with Gasteiger partial charge in [0, 0.05) is 32.6 Å². The minimum absolute atomic E-state index is 0.00971. The van der Waals surface area contributed by atoms with Crippen LogP contribution in [0.25, 0.3) is 0 Å². The number of amides is 1. The number of aryl methyl sites for hydroxylation is 1. The van der Waals surface area contributed by atoms with Crippen LogP contribution in [0.1, 0.15) is 38.1 Å². The van der Waals surface area contributed by atoms with E-state index in [-0.39, 0.29) is 5.91 Å². The molecule has 1 aromatic heterocycles. The van der Waals surface area contributed by atoms with Crippen molar-refractivity contribution < 1.29 is 4.79 Å². The minimum atomic E-state index is -0.00971. The highest BCUT2D eigenvalue weighted by Crippen LogP contribution is 2.24. The monoisotopic (exact) mass is 293 g/mol. The van der Waals surface area contributed by atoms with Crippen molar-refractivity contribution in [3.63, 3.8) is 0 Å². The first-order chi connectivity index (χ1) is 10.1. The van der Waals surface area contributed by atoms with Crippen LogP contribution in [0, 0.1) is 6.92 Å². The molecule has 2 N–H and O–H groups in total. The summed E-state index contributed by atoms with van der Waals surface area (Å²) in [7, 11) is 3.51. The number of nitrogens with one attached hydrogen (secondary N) is 2. The van der Waals surface area contributed by atoms with Crippen LogP contribution in [0.5, 0.6) is 0 Å². The molecular weight excluding hydrogens is 266 g/mol. The second kappa shape index (κ2) is 8.44. The summed E-state index contributed by atoms with van der Waals surface area (Å²) in [5.41, 5.74) is 0.981. The molecule has 6 heteroatoms. The standard InChI is InChI=1S/C15H27N5O/c1-6-8-12-18-14(17-5)11(3)15(19-12)20(9-7-2)10-13(21)16-4/h6-10H2,1-5H3,(H,16,21)(H,17,18,19). The Bertz CT molecular complexity index is 475. The molecule has 0 atom stereocenters. The van der Waals surface area contributed by atoms with Crippen molar-refractivity contribution in [3.8, 4) is 0 Å². The number of aromatic nitrogens is 2. The lowest BCUT2D eigenvalue weighted by Crippen LogP contribution is -2.37. The van der Waals surface area contributed by atoms with Crippen molar-refractivity contribution in [2.75, 3.05) is 37.4 Å². The zero-order valence-electron chi connectivity index (χ0n) is 13.8. The van der Waals surface area contributed by atoms with Gasteiger partial charge in [-0.2, -0.15) is 0 Å². The van der Waals surface area contributed by atoms with Crippen LogP contribution in [-0.2, 0) is 11.2 Å². The number of nitrogens with zero attached hydrogens (tertiary/aromatic N) is 3. The van der Waals surface area contributed by atoms with Crippen molar-refractivity contribution in [3.05, 3.63) is 11.4 Å². The normalized spacial score (nSPS) is 10.3. The lowest BCUT2D eigenvalue weighted by Gasteiger charge is -2.25. The molecule has 0 unspecified atom stereocenters. The number of anilines is 2. The summed E-state index contributed by atoms with van der Waals surface area (Å²) in [5.74, 6) is 2.50. The van der Waals surface area contributed by atoms with Gasteiger partial charge in [-0.15, -0.1) is 0 Å². The number of hydrogen-bond donors (Lipinski definition) is 2. The fraction of sp³-hybridized carbons (Fsp3) is 0.667. The van der Waals surface area contributed by atoms with E-state index in [0.29, 0.717) is 6.54 Å². The summed E-state index contributed by atoms with van der Waals surface area (Å²) in [6, 6.07) is 0. The summed E-state index contributed by atoms with van der Waals surface area (Å²) < 4.78 is 0. The molecule has 0 spiro atoms. The zero-order valence-corrected chi connectivity index (χ0v) is 13.8. The Labute approximate surface area is 127 Å². The molecular formula is C15H27N5O. The van der Waals surface area contributed by atoms with E-state index in [2.05, 4.69) is 34.4 Å². The van der Waals surface area contributed by atoms with E-state index in [0.717, 1.165) is 48.8 Å². The summed E-state index contributed by atoms with van der Waals surface area (Å²) in [5, 5.41) is 5.79. The van der Waals surface area contributed by atoms with E-state index in [1.165, 1.54) is 0 Å². The Hall–Kier alpha value is -1.85. The average molecular weight is 293 g/mol. The predicted octanol–water partition coefficient (Wildman–Crippen LogP) is 1.74. The van der Waals surface area contributed by atoms with Crippen LogP contribution < -0.4 is 15.5 Å². The molecule has 1 heterocycles. The highest BCUT2D eigenvalue weighted by molar-refractivity contribution is 5.81. The Kier molecular flexibility index (Phi) is 6.91. The molecule has 0 aliphatic rings. The lowest BCUT2D eigenvalue weighted by molar-refractivity contribution is -0.119. The zero-order chi connectivity index (χ0) is 15.8. The molecule has 118 valence electrons. The molecule has 0 saturated heterocycles. The number of carbonyl (C=O) groups is 1. The Morgan fingerprint density at radius 2 is 1.90 bits per heavy atom. The fourth-order valence-electron chi connectivity index (χ4n) is 2.22. The molecule has 21 heavy (non-hydrogen) atoms. The van der Waals surface area contributed by atoms with Crippen molar-refractivity contribution in [2.45, 2.75) is 40.0 Å². The SMILES string of the molecule is CCCc1nc(NC)c(C)c(N(CCC)CC(=O)NC)n1. The first-order valence-corrected chi connectivity index (χ1v) is 7.58. The summed E-state index contributed by atoms with van der Waals surface area (Å²) >= 11 is 0. The molecule has 0 fully saturated rings. The topological polar surface area (TPSA) is 70.2 Å². The van der Waals surface area contributed by atoms with E-state index < -0.39 is 0 Å². The summed E-state index contributed by atoms with van der Waals surface area (Å²) in [4.78, 5) is 23.0. The maximum absolute atomic E-state index is 11.7. The largest absolute Gasteiger partial charge is 0.373 e.